The standard InChI is InChI=1S/C41H36Cl2FN3O5.ClH/c1-28-22-30(23-37(43)41(28)52-39-16-15-35(24-45-39)50-26-32-4-2-3-5-36(32)42)8-17-40(49)47-20-18-46(19-21-47)25-29-6-13-34(14-7-29)51-27-38(48)31-9-11-33(44)12-10-31;/h2-17,22-24H,18-21,25-27H2,1H3;1H/b17-8+;. The fraction of sp³-hybridized carbons (Fsp3) is 0.195. The van der Waals surface area contributed by atoms with E-state index in [1.807, 2.05) is 66.4 Å². The van der Waals surface area contributed by atoms with Gasteiger partial charge in [0.1, 0.15) is 23.9 Å². The molecule has 0 atom stereocenters. The number of aryl methyl sites for hydroxylation is 1. The zero-order chi connectivity index (χ0) is 36.5. The number of halogens is 4. The summed E-state index contributed by atoms with van der Waals surface area (Å²) < 4.78 is 30.5. The normalized spacial score (nSPS) is 13.0. The molecule has 0 aliphatic carbocycles. The van der Waals surface area contributed by atoms with Crippen LogP contribution in [0.15, 0.2) is 109 Å². The van der Waals surface area contributed by atoms with E-state index in [2.05, 4.69) is 9.88 Å². The Hall–Kier alpha value is -4.93. The molecule has 53 heavy (non-hydrogen) atoms. The SMILES string of the molecule is Cc1cc(/C=C/C(=O)N2CCN(Cc3ccc(OCC(=O)c4ccc(F)cc4)cc3)CC2)cc(Cl)c1Oc1ccc(OCc2ccccc2Cl)cn1.Cl. The summed E-state index contributed by atoms with van der Waals surface area (Å²) in [4.78, 5) is 33.8. The molecule has 0 saturated carbocycles. The monoisotopic (exact) mass is 775 g/mol. The van der Waals surface area contributed by atoms with Gasteiger partial charge < -0.3 is 19.1 Å². The van der Waals surface area contributed by atoms with Crippen LogP contribution in [0.4, 0.5) is 4.39 Å². The van der Waals surface area contributed by atoms with Crippen molar-refractivity contribution in [2.24, 2.45) is 0 Å². The molecule has 1 aliphatic heterocycles. The minimum absolute atomic E-state index is 0. The van der Waals surface area contributed by atoms with Gasteiger partial charge in [0.15, 0.2) is 18.1 Å². The molecule has 274 valence electrons. The van der Waals surface area contributed by atoms with Gasteiger partial charge in [-0.15, -0.1) is 12.4 Å². The lowest BCUT2D eigenvalue weighted by Gasteiger charge is -2.34. The van der Waals surface area contributed by atoms with Gasteiger partial charge in [0.25, 0.3) is 0 Å². The van der Waals surface area contributed by atoms with E-state index in [1.165, 1.54) is 24.3 Å². The Kier molecular flexibility index (Phi) is 13.9. The fourth-order valence-electron chi connectivity index (χ4n) is 5.59. The maximum absolute atomic E-state index is 13.1. The second kappa shape index (κ2) is 18.7. The van der Waals surface area contributed by atoms with E-state index in [9.17, 15) is 14.0 Å². The Morgan fingerprint density at radius 1 is 0.849 bits per heavy atom. The first-order valence-electron chi connectivity index (χ1n) is 16.7. The van der Waals surface area contributed by atoms with Gasteiger partial charge in [0.05, 0.1) is 11.2 Å². The van der Waals surface area contributed by atoms with E-state index in [-0.39, 0.29) is 36.5 Å². The predicted octanol–water partition coefficient (Wildman–Crippen LogP) is 9.25. The number of nitrogens with zero attached hydrogens (tertiary/aromatic N) is 3. The summed E-state index contributed by atoms with van der Waals surface area (Å²) in [5.41, 5.74) is 3.96. The van der Waals surface area contributed by atoms with Gasteiger partial charge >= 0.3 is 0 Å². The zero-order valence-corrected chi connectivity index (χ0v) is 31.2. The number of aromatic nitrogens is 1. The lowest BCUT2D eigenvalue weighted by Crippen LogP contribution is -2.47. The summed E-state index contributed by atoms with van der Waals surface area (Å²) in [5.74, 6) is 1.34. The van der Waals surface area contributed by atoms with Gasteiger partial charge in [-0.2, -0.15) is 0 Å². The van der Waals surface area contributed by atoms with E-state index in [0.29, 0.717) is 58.4 Å². The number of Topliss-reactive ketones (excluding diaryl/α,β-unsaturated/α-hetero) is 1. The molecule has 5 aromatic rings. The number of pyridine rings is 1. The molecule has 2 heterocycles. The van der Waals surface area contributed by atoms with Crippen LogP contribution in [0.25, 0.3) is 6.08 Å². The van der Waals surface area contributed by atoms with Gasteiger partial charge in [-0.25, -0.2) is 9.37 Å². The van der Waals surface area contributed by atoms with E-state index >= 15 is 0 Å². The lowest BCUT2D eigenvalue weighted by atomic mass is 10.1. The molecule has 8 nitrogen and oxygen atoms in total. The van der Waals surface area contributed by atoms with Crippen LogP contribution >= 0.6 is 35.6 Å². The quantitative estimate of drug-likeness (QED) is 0.0872. The van der Waals surface area contributed by atoms with E-state index in [0.717, 1.165) is 41.9 Å². The minimum atomic E-state index is -0.389. The Bertz CT molecular complexity index is 2010. The van der Waals surface area contributed by atoms with E-state index in [4.69, 9.17) is 37.4 Å². The van der Waals surface area contributed by atoms with Crippen molar-refractivity contribution < 1.29 is 28.2 Å². The van der Waals surface area contributed by atoms with Crippen LogP contribution < -0.4 is 14.2 Å². The molecule has 6 rings (SSSR count). The summed E-state index contributed by atoms with van der Waals surface area (Å²) >= 11 is 12.8. The van der Waals surface area contributed by atoms with Crippen molar-refractivity contribution in [3.63, 3.8) is 0 Å². The lowest BCUT2D eigenvalue weighted by molar-refractivity contribution is -0.127. The van der Waals surface area contributed by atoms with Gasteiger partial charge in [-0.3, -0.25) is 14.5 Å². The summed E-state index contributed by atoms with van der Waals surface area (Å²) in [6.07, 6.45) is 4.92. The number of ketones is 1. The Morgan fingerprint density at radius 2 is 1.57 bits per heavy atom. The summed E-state index contributed by atoms with van der Waals surface area (Å²) in [6.45, 7) is 5.51. The van der Waals surface area contributed by atoms with E-state index in [1.54, 1.807) is 36.5 Å². The largest absolute Gasteiger partial charge is 0.487 e. The highest BCUT2D eigenvalue weighted by molar-refractivity contribution is 6.32. The Labute approximate surface area is 324 Å². The Morgan fingerprint density at radius 3 is 2.25 bits per heavy atom. The molecular formula is C41H37Cl3FN3O5. The molecule has 0 radical (unpaired) electrons. The number of benzene rings is 4. The molecule has 1 amide bonds. The molecule has 0 unspecified atom stereocenters. The van der Waals surface area contributed by atoms with Gasteiger partial charge in [0, 0.05) is 61.0 Å². The number of amides is 1. The Balaban J connectivity index is 0.00000541. The topological polar surface area (TPSA) is 81.2 Å². The van der Waals surface area contributed by atoms with Crippen LogP contribution in [0.5, 0.6) is 23.1 Å². The molecule has 12 heteroatoms. The third-order valence-corrected chi connectivity index (χ3v) is 9.14. The number of carbonyl (C=O) groups excluding carboxylic acids is 2. The first-order chi connectivity index (χ1) is 25.2. The highest BCUT2D eigenvalue weighted by atomic mass is 35.5. The fourth-order valence-corrected chi connectivity index (χ4v) is 6.10. The van der Waals surface area contributed by atoms with Gasteiger partial charge in [0.2, 0.25) is 11.8 Å². The first-order valence-corrected chi connectivity index (χ1v) is 17.5. The number of hydrogen-bond acceptors (Lipinski definition) is 7. The first kappa shape index (κ1) is 39.3. The summed E-state index contributed by atoms with van der Waals surface area (Å²) in [5, 5.41) is 1.04. The van der Waals surface area contributed by atoms with Crippen LogP contribution in [0.2, 0.25) is 10.0 Å². The third kappa shape index (κ3) is 11.0. The van der Waals surface area contributed by atoms with Crippen molar-refractivity contribution in [1.29, 1.82) is 0 Å². The van der Waals surface area contributed by atoms with Crippen molar-refractivity contribution >= 4 is 53.4 Å². The van der Waals surface area contributed by atoms with Crippen molar-refractivity contribution in [3.05, 3.63) is 153 Å². The molecule has 0 bridgehead atoms. The van der Waals surface area contributed by atoms with Crippen molar-refractivity contribution in [2.75, 3.05) is 32.8 Å². The molecule has 0 spiro atoms. The summed E-state index contributed by atoms with van der Waals surface area (Å²) in [7, 11) is 0. The minimum Gasteiger partial charge on any atom is -0.487 e. The van der Waals surface area contributed by atoms with Crippen LogP contribution in [-0.2, 0) is 17.9 Å². The maximum Gasteiger partial charge on any atom is 0.246 e. The van der Waals surface area contributed by atoms with Crippen molar-refractivity contribution in [3.8, 4) is 23.1 Å². The number of rotatable bonds is 13. The van der Waals surface area contributed by atoms with Crippen LogP contribution in [-0.4, -0.2) is 59.3 Å². The zero-order valence-electron chi connectivity index (χ0n) is 28.8. The average Bonchev–Trinajstić information content (AvgIpc) is 3.15. The van der Waals surface area contributed by atoms with E-state index < -0.39 is 0 Å². The molecule has 1 saturated heterocycles. The molecule has 0 N–H and O–H groups in total. The highest BCUT2D eigenvalue weighted by Crippen LogP contribution is 2.34. The summed E-state index contributed by atoms with van der Waals surface area (Å²) in [6, 6.07) is 27.6. The molecule has 1 fully saturated rings. The van der Waals surface area contributed by atoms with Gasteiger partial charge in [-0.05, 0) is 90.4 Å². The highest BCUT2D eigenvalue weighted by Gasteiger charge is 2.20. The van der Waals surface area contributed by atoms with Crippen LogP contribution in [0, 0.1) is 12.7 Å². The van der Waals surface area contributed by atoms with Crippen molar-refractivity contribution in [2.45, 2.75) is 20.1 Å². The molecule has 1 aliphatic rings. The smallest absolute Gasteiger partial charge is 0.246 e. The average molecular weight is 777 g/mol. The van der Waals surface area contributed by atoms with Crippen LogP contribution in [0.1, 0.15) is 32.6 Å². The number of piperazine rings is 1. The predicted molar refractivity (Wildman–Crippen MR) is 207 cm³/mol. The number of carbonyl (C=O) groups is 2. The van der Waals surface area contributed by atoms with Crippen molar-refractivity contribution in [1.82, 2.24) is 14.8 Å². The molecule has 1 aromatic heterocycles. The maximum atomic E-state index is 13.1. The van der Waals surface area contributed by atoms with Gasteiger partial charge in [-0.1, -0.05) is 53.5 Å². The second-order valence-electron chi connectivity index (χ2n) is 12.3. The number of ether oxygens (including phenoxy) is 3. The second-order valence-corrected chi connectivity index (χ2v) is 13.1. The number of hydrogen-bond donors (Lipinski definition) is 0. The van der Waals surface area contributed by atoms with Crippen LogP contribution in [0.3, 0.4) is 0 Å². The molecular weight excluding hydrogens is 740 g/mol. The third-order valence-electron chi connectivity index (χ3n) is 8.49. The molecule has 4 aromatic carbocycles.